The zero-order valence-corrected chi connectivity index (χ0v) is 24.1. The Bertz CT molecular complexity index is 1170. The number of ketones is 1. The molecule has 0 radical (unpaired) electrons. The number of ether oxygens (including phenoxy) is 1. The fourth-order valence-corrected chi connectivity index (χ4v) is 5.17. The Labute approximate surface area is 232 Å². The third-order valence-electron chi connectivity index (χ3n) is 6.65. The lowest BCUT2D eigenvalue weighted by atomic mass is 10.1. The highest BCUT2D eigenvalue weighted by Crippen LogP contribution is 2.23. The molecule has 1 amide bonds. The van der Waals surface area contributed by atoms with Gasteiger partial charge in [-0.05, 0) is 50.6 Å². The molecule has 0 fully saturated rings. The topological polar surface area (TPSA) is 59.3 Å². The summed E-state index contributed by atoms with van der Waals surface area (Å²) in [6, 6.07) is 13.0. The van der Waals surface area contributed by atoms with Gasteiger partial charge in [0.1, 0.15) is 5.75 Å². The van der Waals surface area contributed by atoms with Crippen LogP contribution in [0, 0.1) is 6.92 Å². The van der Waals surface area contributed by atoms with Gasteiger partial charge in [0.05, 0.1) is 17.0 Å². The summed E-state index contributed by atoms with van der Waals surface area (Å²) in [6.07, 6.45) is 14.8. The van der Waals surface area contributed by atoms with Gasteiger partial charge < -0.3 is 10.1 Å². The zero-order valence-electron chi connectivity index (χ0n) is 23.3. The Kier molecular flexibility index (Phi) is 12.5. The van der Waals surface area contributed by atoms with Crippen molar-refractivity contribution >= 4 is 28.7 Å². The molecule has 3 aromatic rings. The lowest BCUT2D eigenvalue weighted by molar-refractivity contribution is -0.683. The normalized spacial score (nSPS) is 10.9. The van der Waals surface area contributed by atoms with Gasteiger partial charge in [-0.15, -0.1) is 0 Å². The summed E-state index contributed by atoms with van der Waals surface area (Å²) >= 11 is 1.71. The number of hydrogen-bond donors (Lipinski definition) is 1. The molecule has 2 aromatic carbocycles. The van der Waals surface area contributed by atoms with Crippen molar-refractivity contribution < 1.29 is 18.9 Å². The molecule has 0 saturated heterocycles. The number of nitrogens with zero attached hydrogens (tertiary/aromatic N) is 1. The first-order valence-electron chi connectivity index (χ1n) is 14.1. The first-order valence-corrected chi connectivity index (χ1v) is 15.0. The number of rotatable bonds is 17. The van der Waals surface area contributed by atoms with Crippen molar-refractivity contribution in [3.8, 4) is 5.75 Å². The quantitative estimate of drug-likeness (QED) is 0.108. The molecule has 1 N–H and O–H groups in total. The molecule has 3 rings (SSSR count). The molecule has 0 aliphatic carbocycles. The van der Waals surface area contributed by atoms with E-state index in [-0.39, 0.29) is 11.7 Å². The van der Waals surface area contributed by atoms with Gasteiger partial charge in [0.2, 0.25) is 5.51 Å². The number of aryl methyl sites for hydroxylation is 1. The highest BCUT2D eigenvalue weighted by molar-refractivity contribution is 7.09. The summed E-state index contributed by atoms with van der Waals surface area (Å²) in [7, 11) is 0. The smallest absolute Gasteiger partial charge is 0.255 e. The maximum atomic E-state index is 13.0. The fourth-order valence-electron chi connectivity index (χ4n) is 4.53. The number of anilines is 1. The van der Waals surface area contributed by atoms with Gasteiger partial charge in [0.25, 0.3) is 5.91 Å². The third kappa shape index (κ3) is 10.1. The largest absolute Gasteiger partial charge is 0.493 e. The molecule has 1 heterocycles. The Balaban J connectivity index is 1.47. The molecule has 0 aliphatic heterocycles. The van der Waals surface area contributed by atoms with Crippen LogP contribution in [0.2, 0.25) is 0 Å². The fraction of sp³-hybridized carbons (Fsp3) is 0.469. The van der Waals surface area contributed by atoms with E-state index in [1.165, 1.54) is 63.2 Å². The van der Waals surface area contributed by atoms with Crippen molar-refractivity contribution in [2.75, 3.05) is 11.9 Å². The van der Waals surface area contributed by atoms with Gasteiger partial charge in [-0.2, -0.15) is 4.57 Å². The molecule has 6 heteroatoms. The van der Waals surface area contributed by atoms with E-state index in [0.29, 0.717) is 23.5 Å². The minimum atomic E-state index is -0.245. The monoisotopic (exact) mass is 535 g/mol. The molecule has 0 atom stereocenters. The number of benzene rings is 2. The molecule has 0 bridgehead atoms. The number of aromatic nitrogens is 1. The van der Waals surface area contributed by atoms with Crippen LogP contribution >= 0.6 is 11.3 Å². The third-order valence-corrected chi connectivity index (χ3v) is 7.50. The summed E-state index contributed by atoms with van der Waals surface area (Å²) in [4.78, 5) is 26.5. The molecule has 0 aliphatic rings. The molecular formula is C32H43N2O3S+. The molecular weight excluding hydrogens is 492 g/mol. The number of thiazole rings is 1. The van der Waals surface area contributed by atoms with Crippen molar-refractivity contribution in [3.63, 3.8) is 0 Å². The van der Waals surface area contributed by atoms with Crippen molar-refractivity contribution in [3.05, 3.63) is 75.7 Å². The van der Waals surface area contributed by atoms with E-state index < -0.39 is 0 Å². The Hall–Kier alpha value is -2.99. The van der Waals surface area contributed by atoms with Gasteiger partial charge in [0.15, 0.2) is 18.5 Å². The second-order valence-corrected chi connectivity index (χ2v) is 11.2. The van der Waals surface area contributed by atoms with E-state index in [9.17, 15) is 9.59 Å². The Morgan fingerprint density at radius 2 is 1.63 bits per heavy atom. The molecule has 5 nitrogen and oxygen atoms in total. The van der Waals surface area contributed by atoms with Crippen LogP contribution in [-0.2, 0) is 6.54 Å². The van der Waals surface area contributed by atoms with E-state index in [2.05, 4.69) is 35.4 Å². The minimum Gasteiger partial charge on any atom is -0.493 e. The van der Waals surface area contributed by atoms with Gasteiger partial charge in [0, 0.05) is 16.8 Å². The van der Waals surface area contributed by atoms with Gasteiger partial charge in [-0.1, -0.05) is 88.2 Å². The Morgan fingerprint density at radius 3 is 2.29 bits per heavy atom. The molecule has 1 aromatic heterocycles. The molecule has 0 spiro atoms. The highest BCUT2D eigenvalue weighted by Gasteiger charge is 2.15. The maximum absolute atomic E-state index is 13.0. The second kappa shape index (κ2) is 16.1. The average molecular weight is 536 g/mol. The number of Topliss-reactive ketones (excluding diaryl/α,β-unsaturated/α-hetero) is 1. The van der Waals surface area contributed by atoms with Crippen LogP contribution in [0.3, 0.4) is 0 Å². The van der Waals surface area contributed by atoms with Crippen LogP contribution in [0.25, 0.3) is 0 Å². The summed E-state index contributed by atoms with van der Waals surface area (Å²) in [6.45, 7) is 7.17. The van der Waals surface area contributed by atoms with Crippen LogP contribution in [0.1, 0.15) is 109 Å². The number of hydrogen-bond acceptors (Lipinski definition) is 4. The van der Waals surface area contributed by atoms with Gasteiger partial charge >= 0.3 is 0 Å². The second-order valence-electron chi connectivity index (χ2n) is 10.1. The van der Waals surface area contributed by atoms with Crippen molar-refractivity contribution in [1.82, 2.24) is 0 Å². The van der Waals surface area contributed by atoms with Crippen LogP contribution in [-0.4, -0.2) is 18.3 Å². The first kappa shape index (κ1) is 29.6. The lowest BCUT2D eigenvalue weighted by Crippen LogP contribution is -2.30. The molecule has 38 heavy (non-hydrogen) atoms. The predicted molar refractivity (Wildman–Crippen MR) is 157 cm³/mol. The first-order chi connectivity index (χ1) is 18.5. The van der Waals surface area contributed by atoms with E-state index in [1.54, 1.807) is 29.5 Å². The van der Waals surface area contributed by atoms with Crippen LogP contribution in [0.4, 0.5) is 5.69 Å². The number of nitrogens with one attached hydrogen (secondary N) is 1. The van der Waals surface area contributed by atoms with E-state index in [1.807, 2.05) is 24.3 Å². The number of carbonyl (C=O) groups excluding carboxylic acids is 2. The number of amides is 1. The van der Waals surface area contributed by atoms with E-state index >= 15 is 0 Å². The van der Waals surface area contributed by atoms with Gasteiger partial charge in [-0.25, -0.2) is 0 Å². The van der Waals surface area contributed by atoms with Crippen LogP contribution < -0.4 is 14.6 Å². The highest BCUT2D eigenvalue weighted by atomic mass is 32.1. The van der Waals surface area contributed by atoms with Gasteiger partial charge in [-0.3, -0.25) is 9.59 Å². The molecule has 0 saturated carbocycles. The predicted octanol–water partition coefficient (Wildman–Crippen LogP) is 8.15. The van der Waals surface area contributed by atoms with E-state index in [0.717, 1.165) is 30.6 Å². The summed E-state index contributed by atoms with van der Waals surface area (Å²) in [5.74, 6) is 0.197. The zero-order chi connectivity index (χ0) is 27.2. The standard InChI is InChI=1S/C32H42N2O3S/c1-4-5-6-7-8-9-10-11-12-13-19-37-31-18-17-28(21-30(31)26(3)35)32(36)33-29-16-14-15-27(20-29)23-34-22-25(2)38-24-34/h14-18,20-22,24H,4-13,19,23H2,1-3H3/p+1. The van der Waals surface area contributed by atoms with Crippen molar-refractivity contribution in [2.45, 2.75) is 91.5 Å². The molecule has 204 valence electrons. The van der Waals surface area contributed by atoms with Crippen LogP contribution in [0.15, 0.2) is 54.2 Å². The van der Waals surface area contributed by atoms with Crippen molar-refractivity contribution in [1.29, 1.82) is 0 Å². The van der Waals surface area contributed by atoms with Crippen LogP contribution in [0.5, 0.6) is 5.75 Å². The SMILES string of the molecule is CCCCCCCCCCCCOc1ccc(C(=O)Nc2cccc(C[n+]3csc(C)c3)c2)cc1C(C)=O. The Morgan fingerprint density at radius 1 is 0.921 bits per heavy atom. The summed E-state index contributed by atoms with van der Waals surface area (Å²) in [5.41, 5.74) is 4.80. The maximum Gasteiger partial charge on any atom is 0.255 e. The van der Waals surface area contributed by atoms with Crippen molar-refractivity contribution in [2.24, 2.45) is 0 Å². The number of carbonyl (C=O) groups is 2. The molecule has 0 unspecified atom stereocenters. The summed E-state index contributed by atoms with van der Waals surface area (Å²) < 4.78 is 8.08. The minimum absolute atomic E-state index is 0.109. The van der Waals surface area contributed by atoms with E-state index in [4.69, 9.17) is 4.74 Å². The average Bonchev–Trinajstić information content (AvgIpc) is 3.31. The lowest BCUT2D eigenvalue weighted by Gasteiger charge is -2.12. The number of unbranched alkanes of at least 4 members (excludes halogenated alkanes) is 9. The summed E-state index contributed by atoms with van der Waals surface area (Å²) in [5, 5.41) is 2.97.